The molecular formula is C12H20N2O3S. The summed E-state index contributed by atoms with van der Waals surface area (Å²) >= 11 is 1.46. The summed E-state index contributed by atoms with van der Waals surface area (Å²) in [6.07, 6.45) is 2.10. The van der Waals surface area contributed by atoms with Crippen molar-refractivity contribution in [2.24, 2.45) is 5.73 Å². The van der Waals surface area contributed by atoms with Gasteiger partial charge in [-0.25, -0.2) is 4.98 Å². The molecule has 1 aromatic heterocycles. The molecule has 2 N–H and O–H groups in total. The molecule has 0 fully saturated rings. The highest BCUT2D eigenvalue weighted by Crippen LogP contribution is 2.27. The van der Waals surface area contributed by atoms with Gasteiger partial charge in [-0.3, -0.25) is 4.79 Å². The van der Waals surface area contributed by atoms with Gasteiger partial charge in [0.15, 0.2) is 0 Å². The molecule has 0 bridgehead atoms. The van der Waals surface area contributed by atoms with Gasteiger partial charge in [0.05, 0.1) is 12.3 Å². The van der Waals surface area contributed by atoms with Gasteiger partial charge in [0, 0.05) is 5.25 Å². The average Bonchev–Trinajstić information content (AvgIpc) is 2.63. The number of thioether (sulfide) groups is 1. The topological polar surface area (TPSA) is 78.4 Å². The molecule has 5 nitrogen and oxygen atoms in total. The lowest BCUT2D eigenvalue weighted by molar-refractivity contribution is -0.149. The van der Waals surface area contributed by atoms with E-state index in [0.29, 0.717) is 18.3 Å². The number of oxazole rings is 1. The van der Waals surface area contributed by atoms with Crippen molar-refractivity contribution in [2.45, 2.75) is 50.1 Å². The molecule has 2 unspecified atom stereocenters. The summed E-state index contributed by atoms with van der Waals surface area (Å²) in [5.41, 5.74) is 5.82. The molecule has 1 rings (SSSR count). The van der Waals surface area contributed by atoms with Gasteiger partial charge >= 0.3 is 5.97 Å². The number of carbonyl (C=O) groups excluding carboxylic acids is 1. The molecule has 6 heteroatoms. The monoisotopic (exact) mass is 272 g/mol. The summed E-state index contributed by atoms with van der Waals surface area (Å²) in [6, 6.07) is 0. The van der Waals surface area contributed by atoms with Crippen LogP contribution in [0.3, 0.4) is 0 Å². The molecule has 0 aliphatic rings. The first kappa shape index (κ1) is 15.0. The van der Waals surface area contributed by atoms with Crippen molar-refractivity contribution >= 4 is 17.7 Å². The van der Waals surface area contributed by atoms with Gasteiger partial charge in [-0.05, 0) is 27.2 Å². The molecule has 0 aliphatic heterocycles. The van der Waals surface area contributed by atoms with Gasteiger partial charge in [-0.2, -0.15) is 0 Å². The normalized spacial score (nSPS) is 16.1. The third kappa shape index (κ3) is 4.34. The van der Waals surface area contributed by atoms with Crippen LogP contribution in [-0.2, 0) is 9.53 Å². The highest BCUT2D eigenvalue weighted by molar-refractivity contribution is 7.99. The minimum absolute atomic E-state index is 0.113. The Kier molecular flexibility index (Phi) is 5.22. The highest BCUT2D eigenvalue weighted by atomic mass is 32.2. The average molecular weight is 272 g/mol. The second kappa shape index (κ2) is 6.24. The number of hydrogen-bond acceptors (Lipinski definition) is 6. The number of nitrogens with zero attached hydrogens (tertiary/aromatic N) is 1. The van der Waals surface area contributed by atoms with Gasteiger partial charge in [0.1, 0.15) is 11.8 Å². The number of esters is 1. The lowest BCUT2D eigenvalue weighted by Gasteiger charge is -2.24. The van der Waals surface area contributed by atoms with Crippen molar-refractivity contribution in [3.05, 3.63) is 12.0 Å². The van der Waals surface area contributed by atoms with Crippen LogP contribution >= 0.6 is 11.8 Å². The van der Waals surface area contributed by atoms with Gasteiger partial charge < -0.3 is 14.9 Å². The minimum atomic E-state index is -0.982. The second-order valence-corrected chi connectivity index (χ2v) is 5.92. The first-order valence-corrected chi connectivity index (χ1v) is 6.78. The number of nitrogens with two attached hydrogens (primary N) is 1. The zero-order valence-electron chi connectivity index (χ0n) is 11.2. The van der Waals surface area contributed by atoms with E-state index in [1.165, 1.54) is 11.8 Å². The molecule has 2 atom stereocenters. The van der Waals surface area contributed by atoms with Crippen LogP contribution in [-0.4, -0.2) is 28.3 Å². The maximum Gasteiger partial charge on any atom is 0.325 e. The lowest BCUT2D eigenvalue weighted by Crippen LogP contribution is -2.47. The Hall–Kier alpha value is -1.01. The van der Waals surface area contributed by atoms with Crippen LogP contribution in [0.4, 0.5) is 0 Å². The minimum Gasteiger partial charge on any atom is -0.465 e. The van der Waals surface area contributed by atoms with E-state index in [-0.39, 0.29) is 11.2 Å². The molecule has 0 aliphatic carbocycles. The van der Waals surface area contributed by atoms with Crippen LogP contribution in [0.1, 0.15) is 32.9 Å². The third-order valence-electron chi connectivity index (χ3n) is 2.35. The fourth-order valence-corrected chi connectivity index (χ4v) is 2.65. The molecular weight excluding hydrogens is 252 g/mol. The van der Waals surface area contributed by atoms with Crippen molar-refractivity contribution in [3.8, 4) is 0 Å². The van der Waals surface area contributed by atoms with E-state index in [2.05, 4.69) is 4.98 Å². The summed E-state index contributed by atoms with van der Waals surface area (Å²) in [6.45, 7) is 7.63. The van der Waals surface area contributed by atoms with E-state index < -0.39 is 5.54 Å². The Labute approximate surface area is 111 Å². The van der Waals surface area contributed by atoms with Gasteiger partial charge in [0.2, 0.25) is 0 Å². The fourth-order valence-electron chi connectivity index (χ4n) is 1.58. The summed E-state index contributed by atoms with van der Waals surface area (Å²) in [5.74, 6) is -0.374. The zero-order valence-corrected chi connectivity index (χ0v) is 12.0. The maximum absolute atomic E-state index is 11.7. The Morgan fingerprint density at radius 1 is 1.72 bits per heavy atom. The Bertz CT molecular complexity index is 404. The molecule has 102 valence electrons. The largest absolute Gasteiger partial charge is 0.465 e. The summed E-state index contributed by atoms with van der Waals surface area (Å²) in [4.78, 5) is 15.9. The molecule has 0 saturated carbocycles. The molecule has 1 aromatic rings. The predicted octanol–water partition coefficient (Wildman–Crippen LogP) is 2.13. The van der Waals surface area contributed by atoms with E-state index in [0.717, 1.165) is 5.69 Å². The first-order chi connectivity index (χ1) is 8.35. The molecule has 0 radical (unpaired) electrons. The van der Waals surface area contributed by atoms with E-state index in [1.807, 2.05) is 13.8 Å². The molecule has 0 saturated heterocycles. The number of aryl methyl sites for hydroxylation is 1. The van der Waals surface area contributed by atoms with E-state index in [1.54, 1.807) is 20.1 Å². The fraction of sp³-hybridized carbons (Fsp3) is 0.667. The quantitative estimate of drug-likeness (QED) is 0.631. The van der Waals surface area contributed by atoms with Crippen LogP contribution in [0, 0.1) is 6.92 Å². The Balaban J connectivity index is 2.53. The standard InChI is InChI=1S/C12H20N2O3S/c1-5-16-10(15)12(4,13)6-9(3)18-11-14-8(2)7-17-11/h7,9H,5-6,13H2,1-4H3. The SMILES string of the molecule is CCOC(=O)C(C)(N)CC(C)Sc1nc(C)co1. The van der Waals surface area contributed by atoms with Crippen LogP contribution in [0.2, 0.25) is 0 Å². The number of hydrogen-bond donors (Lipinski definition) is 1. The van der Waals surface area contributed by atoms with E-state index in [4.69, 9.17) is 14.9 Å². The zero-order chi connectivity index (χ0) is 13.8. The summed E-state index contributed by atoms with van der Waals surface area (Å²) in [5, 5.41) is 0.710. The summed E-state index contributed by atoms with van der Waals surface area (Å²) in [7, 11) is 0. The van der Waals surface area contributed by atoms with E-state index in [9.17, 15) is 4.79 Å². The van der Waals surface area contributed by atoms with Crippen LogP contribution in [0.5, 0.6) is 0 Å². The van der Waals surface area contributed by atoms with E-state index >= 15 is 0 Å². The summed E-state index contributed by atoms with van der Waals surface area (Å²) < 4.78 is 10.2. The van der Waals surface area contributed by atoms with Crippen molar-refractivity contribution in [1.29, 1.82) is 0 Å². The van der Waals surface area contributed by atoms with Crippen LogP contribution < -0.4 is 5.73 Å². The van der Waals surface area contributed by atoms with Crippen LogP contribution in [0.25, 0.3) is 0 Å². The maximum atomic E-state index is 11.7. The van der Waals surface area contributed by atoms with Crippen molar-refractivity contribution in [2.75, 3.05) is 6.61 Å². The molecule has 18 heavy (non-hydrogen) atoms. The van der Waals surface area contributed by atoms with Gasteiger partial charge in [-0.15, -0.1) is 0 Å². The Morgan fingerprint density at radius 2 is 2.39 bits per heavy atom. The van der Waals surface area contributed by atoms with Crippen LogP contribution in [0.15, 0.2) is 15.9 Å². The first-order valence-electron chi connectivity index (χ1n) is 5.90. The van der Waals surface area contributed by atoms with Crippen molar-refractivity contribution < 1.29 is 13.9 Å². The Morgan fingerprint density at radius 3 is 2.89 bits per heavy atom. The van der Waals surface area contributed by atoms with Crippen molar-refractivity contribution in [3.63, 3.8) is 0 Å². The molecule has 0 spiro atoms. The molecule has 0 aromatic carbocycles. The number of ether oxygens (including phenoxy) is 1. The highest BCUT2D eigenvalue weighted by Gasteiger charge is 2.32. The molecule has 1 heterocycles. The van der Waals surface area contributed by atoms with Crippen molar-refractivity contribution in [1.82, 2.24) is 4.98 Å². The van der Waals surface area contributed by atoms with Gasteiger partial charge in [0.25, 0.3) is 5.22 Å². The second-order valence-electron chi connectivity index (χ2n) is 4.53. The third-order valence-corrected chi connectivity index (χ3v) is 3.31. The number of aromatic nitrogens is 1. The lowest BCUT2D eigenvalue weighted by atomic mass is 9.98. The van der Waals surface area contributed by atoms with Gasteiger partial charge in [-0.1, -0.05) is 18.7 Å². The number of rotatable bonds is 6. The molecule has 0 amide bonds. The number of carbonyl (C=O) groups is 1. The predicted molar refractivity (Wildman–Crippen MR) is 70.4 cm³/mol. The smallest absolute Gasteiger partial charge is 0.325 e.